The molecule has 0 aliphatic carbocycles. The number of nitrogens with zero attached hydrogens (tertiary/aromatic N) is 3. The maximum atomic E-state index is 13.8. The number of Topliss-reactive ketones (excluding diaryl/α,β-unsaturated/α-hetero) is 1. The highest BCUT2D eigenvalue weighted by atomic mass is 19.1. The third-order valence-corrected chi connectivity index (χ3v) is 4.94. The molecule has 1 aromatic carbocycles. The Balaban J connectivity index is 2.26. The second kappa shape index (κ2) is 6.12. The van der Waals surface area contributed by atoms with E-state index in [-0.39, 0.29) is 5.78 Å². The Labute approximate surface area is 149 Å². The molecule has 2 heterocycles. The number of nitriles is 2. The molecule has 0 spiro atoms. The highest BCUT2D eigenvalue weighted by Crippen LogP contribution is 2.52. The van der Waals surface area contributed by atoms with Crippen LogP contribution in [0.15, 0.2) is 48.2 Å². The number of primary amides is 1. The van der Waals surface area contributed by atoms with Crippen molar-refractivity contribution >= 4 is 11.7 Å². The lowest BCUT2D eigenvalue weighted by atomic mass is 9.70. The Kier molecular flexibility index (Phi) is 4.09. The van der Waals surface area contributed by atoms with Gasteiger partial charge in [-0.1, -0.05) is 24.3 Å². The van der Waals surface area contributed by atoms with E-state index in [9.17, 15) is 24.5 Å². The van der Waals surface area contributed by atoms with Gasteiger partial charge in [-0.15, -0.1) is 0 Å². The van der Waals surface area contributed by atoms with Gasteiger partial charge in [0.05, 0.1) is 18.2 Å². The number of amides is 1. The highest BCUT2D eigenvalue weighted by Gasteiger charge is 2.62. The third-order valence-electron chi connectivity index (χ3n) is 4.94. The first-order valence-electron chi connectivity index (χ1n) is 7.91. The molecule has 2 aliphatic rings. The number of hydrogen-bond acceptors (Lipinski definition) is 5. The van der Waals surface area contributed by atoms with Crippen LogP contribution >= 0.6 is 0 Å². The lowest BCUT2D eigenvalue weighted by Crippen LogP contribution is -2.43. The van der Waals surface area contributed by atoms with Crippen LogP contribution in [0.5, 0.6) is 0 Å². The molecule has 3 atom stereocenters. The van der Waals surface area contributed by atoms with Crippen LogP contribution in [0.1, 0.15) is 18.4 Å². The van der Waals surface area contributed by atoms with Crippen molar-refractivity contribution in [2.45, 2.75) is 24.9 Å². The van der Waals surface area contributed by atoms with E-state index in [4.69, 9.17) is 5.73 Å². The first kappa shape index (κ1) is 17.4. The van der Waals surface area contributed by atoms with Gasteiger partial charge in [-0.2, -0.15) is 10.5 Å². The fourth-order valence-corrected chi connectivity index (χ4v) is 3.78. The number of allylic oxidation sites excluding steroid dienone is 2. The number of carbonyl (C=O) groups is 2. The van der Waals surface area contributed by atoms with Gasteiger partial charge >= 0.3 is 0 Å². The summed E-state index contributed by atoms with van der Waals surface area (Å²) in [5, 5.41) is 19.7. The van der Waals surface area contributed by atoms with E-state index in [0.29, 0.717) is 11.1 Å². The Morgan fingerprint density at radius 2 is 2.00 bits per heavy atom. The first-order valence-corrected chi connectivity index (χ1v) is 7.91. The highest BCUT2D eigenvalue weighted by molar-refractivity contribution is 5.96. The molecule has 0 bridgehead atoms. The molecular formula is C19H15FN4O2. The predicted molar refractivity (Wildman–Crippen MR) is 89.3 cm³/mol. The number of rotatable bonds is 3. The van der Waals surface area contributed by atoms with Crippen molar-refractivity contribution in [3.8, 4) is 12.1 Å². The summed E-state index contributed by atoms with van der Waals surface area (Å²) >= 11 is 0. The molecular weight excluding hydrogens is 335 g/mol. The molecule has 1 aromatic rings. The average Bonchev–Trinajstić information content (AvgIpc) is 2.91. The second-order valence-electron chi connectivity index (χ2n) is 6.36. The summed E-state index contributed by atoms with van der Waals surface area (Å²) in [4.78, 5) is 25.4. The number of halogens is 1. The summed E-state index contributed by atoms with van der Waals surface area (Å²) in [6, 6.07) is 7.64. The van der Waals surface area contributed by atoms with Crippen molar-refractivity contribution in [3.63, 3.8) is 0 Å². The topological polar surface area (TPSA) is 111 Å². The van der Waals surface area contributed by atoms with Gasteiger partial charge in [0, 0.05) is 17.7 Å². The fraction of sp³-hybridized carbons (Fsp3) is 0.263. The maximum absolute atomic E-state index is 13.8. The van der Waals surface area contributed by atoms with E-state index >= 15 is 0 Å². The van der Waals surface area contributed by atoms with Crippen LogP contribution in [0.4, 0.5) is 4.39 Å². The SMILES string of the molecule is CC(=O)C1=CN2[C@@H](C=C1)C(C#N)(C#N)[C@@H](c1cccc(F)c1)[C@@H]2C(N)=O. The lowest BCUT2D eigenvalue weighted by molar-refractivity contribution is -0.122. The standard InChI is InChI=1S/C19H15FN4O2/c1-11(25)13-5-6-15-19(9-21,10-22)16(12-3-2-4-14(20)7-12)17(18(23)26)24(15)8-13/h2-8,15-17H,1H3,(H2,23,26)/t15-,16-,17+/m0/s1. The van der Waals surface area contributed by atoms with Crippen LogP contribution in [0.3, 0.4) is 0 Å². The number of benzene rings is 1. The molecule has 7 heteroatoms. The normalized spacial score (nSPS) is 25.6. The zero-order valence-electron chi connectivity index (χ0n) is 13.9. The Morgan fingerprint density at radius 1 is 1.31 bits per heavy atom. The smallest absolute Gasteiger partial charge is 0.240 e. The molecule has 2 aliphatic heterocycles. The Hall–Kier alpha value is -3.45. The van der Waals surface area contributed by atoms with Gasteiger partial charge in [-0.3, -0.25) is 9.59 Å². The van der Waals surface area contributed by atoms with Crippen molar-refractivity contribution in [1.82, 2.24) is 4.90 Å². The molecule has 130 valence electrons. The monoisotopic (exact) mass is 350 g/mol. The van der Waals surface area contributed by atoms with Gasteiger partial charge in [0.1, 0.15) is 11.9 Å². The van der Waals surface area contributed by atoms with Gasteiger partial charge in [0.2, 0.25) is 5.91 Å². The van der Waals surface area contributed by atoms with Crippen molar-refractivity contribution < 1.29 is 14.0 Å². The summed E-state index contributed by atoms with van der Waals surface area (Å²) in [6.07, 6.45) is 4.53. The zero-order chi connectivity index (χ0) is 19.1. The minimum Gasteiger partial charge on any atom is -0.368 e. The molecule has 1 fully saturated rings. The molecule has 1 amide bonds. The van der Waals surface area contributed by atoms with E-state index < -0.39 is 35.1 Å². The van der Waals surface area contributed by atoms with E-state index in [1.165, 1.54) is 42.3 Å². The van der Waals surface area contributed by atoms with E-state index in [0.717, 1.165) is 0 Å². The number of ketones is 1. The van der Waals surface area contributed by atoms with Crippen molar-refractivity contribution in [2.75, 3.05) is 0 Å². The van der Waals surface area contributed by atoms with Gasteiger partial charge in [-0.25, -0.2) is 4.39 Å². The molecule has 0 unspecified atom stereocenters. The average molecular weight is 350 g/mol. The van der Waals surface area contributed by atoms with Gasteiger partial charge in [0.25, 0.3) is 0 Å². The number of carbonyl (C=O) groups excluding carboxylic acids is 2. The van der Waals surface area contributed by atoms with Crippen LogP contribution in [0.25, 0.3) is 0 Å². The summed E-state index contributed by atoms with van der Waals surface area (Å²) in [5.74, 6) is -2.50. The van der Waals surface area contributed by atoms with E-state index in [1.54, 1.807) is 12.1 Å². The number of nitrogens with two attached hydrogens (primary N) is 1. The first-order chi connectivity index (χ1) is 12.4. The van der Waals surface area contributed by atoms with Crippen LogP contribution in [0, 0.1) is 33.9 Å². The number of hydrogen-bond donors (Lipinski definition) is 1. The molecule has 0 radical (unpaired) electrons. The van der Waals surface area contributed by atoms with Crippen molar-refractivity contribution in [1.29, 1.82) is 10.5 Å². The van der Waals surface area contributed by atoms with Gasteiger partial charge in [-0.05, 0) is 24.6 Å². The minimum absolute atomic E-state index is 0.225. The van der Waals surface area contributed by atoms with Crippen molar-refractivity contribution in [3.05, 3.63) is 59.6 Å². The van der Waals surface area contributed by atoms with E-state index in [2.05, 4.69) is 0 Å². The largest absolute Gasteiger partial charge is 0.368 e. The third kappa shape index (κ3) is 2.37. The molecule has 26 heavy (non-hydrogen) atoms. The Bertz CT molecular complexity index is 924. The number of fused-ring (bicyclic) bond motifs is 1. The zero-order valence-corrected chi connectivity index (χ0v) is 13.9. The van der Waals surface area contributed by atoms with Crippen LogP contribution in [-0.2, 0) is 9.59 Å². The summed E-state index contributed by atoms with van der Waals surface area (Å²) in [7, 11) is 0. The molecule has 3 rings (SSSR count). The maximum Gasteiger partial charge on any atom is 0.240 e. The van der Waals surface area contributed by atoms with Crippen LogP contribution in [0.2, 0.25) is 0 Å². The molecule has 6 nitrogen and oxygen atoms in total. The minimum atomic E-state index is -1.66. The summed E-state index contributed by atoms with van der Waals surface area (Å²) in [5.41, 5.74) is 4.59. The summed E-state index contributed by atoms with van der Waals surface area (Å²) < 4.78 is 13.8. The molecule has 2 N–H and O–H groups in total. The Morgan fingerprint density at radius 3 is 2.54 bits per heavy atom. The van der Waals surface area contributed by atoms with Gasteiger partial charge in [0.15, 0.2) is 11.2 Å². The second-order valence-corrected chi connectivity index (χ2v) is 6.36. The van der Waals surface area contributed by atoms with Crippen LogP contribution in [-0.4, -0.2) is 28.7 Å². The summed E-state index contributed by atoms with van der Waals surface area (Å²) in [6.45, 7) is 1.37. The fourth-order valence-electron chi connectivity index (χ4n) is 3.78. The van der Waals surface area contributed by atoms with Gasteiger partial charge < -0.3 is 10.6 Å². The van der Waals surface area contributed by atoms with Crippen LogP contribution < -0.4 is 5.73 Å². The van der Waals surface area contributed by atoms with E-state index in [1.807, 2.05) is 12.1 Å². The molecule has 1 saturated heterocycles. The predicted octanol–water partition coefficient (Wildman–Crippen LogP) is 1.52. The molecule has 0 aromatic heterocycles. The lowest BCUT2D eigenvalue weighted by Gasteiger charge is -2.30. The molecule has 0 saturated carbocycles. The van der Waals surface area contributed by atoms with Crippen molar-refractivity contribution in [2.24, 2.45) is 11.1 Å². The quantitative estimate of drug-likeness (QED) is 0.888.